The zero-order valence-electron chi connectivity index (χ0n) is 10.6. The molecule has 0 fully saturated rings. The lowest BCUT2D eigenvalue weighted by molar-refractivity contribution is -0.123. The highest BCUT2D eigenvalue weighted by Crippen LogP contribution is 2.26. The molecule has 2 rings (SSSR count). The van der Waals surface area contributed by atoms with Gasteiger partial charge in [0, 0.05) is 11.8 Å². The maximum atomic E-state index is 11.8. The van der Waals surface area contributed by atoms with E-state index in [4.69, 9.17) is 0 Å². The van der Waals surface area contributed by atoms with Crippen molar-refractivity contribution in [2.75, 3.05) is 22.6 Å². The van der Waals surface area contributed by atoms with Crippen LogP contribution in [-0.4, -0.2) is 38.0 Å². The second-order valence-corrected chi connectivity index (χ2v) is 6.67. The van der Waals surface area contributed by atoms with E-state index in [1.54, 1.807) is 0 Å². The van der Waals surface area contributed by atoms with Crippen molar-refractivity contribution in [2.24, 2.45) is 0 Å². The Morgan fingerprint density at radius 3 is 2.35 bits per heavy atom. The summed E-state index contributed by atoms with van der Waals surface area (Å²) in [6, 6.07) is 4.21. The van der Waals surface area contributed by atoms with Gasteiger partial charge in [0.25, 0.3) is 0 Å². The minimum absolute atomic E-state index is 0.158. The molecule has 0 saturated heterocycles. The van der Waals surface area contributed by atoms with Crippen LogP contribution in [0.15, 0.2) is 18.2 Å². The second-order valence-electron chi connectivity index (χ2n) is 4.53. The average Bonchev–Trinajstić information content (AvgIpc) is 2.42. The Morgan fingerprint density at radius 2 is 1.75 bits per heavy atom. The maximum absolute atomic E-state index is 11.8. The van der Waals surface area contributed by atoms with Crippen LogP contribution in [0.2, 0.25) is 0 Å². The Bertz CT molecular complexity index is 709. The summed E-state index contributed by atoms with van der Waals surface area (Å²) in [6.07, 6.45) is 0.664. The van der Waals surface area contributed by atoms with Crippen LogP contribution in [0.4, 0.5) is 11.4 Å². The molecular weight excluding hydrogens is 284 g/mol. The summed E-state index contributed by atoms with van der Waals surface area (Å²) >= 11 is 0. The van der Waals surface area contributed by atoms with Gasteiger partial charge in [-0.3, -0.25) is 14.4 Å². The number of carbonyl (C=O) groups excluding carboxylic acids is 3. The molecule has 0 atom stereocenters. The summed E-state index contributed by atoms with van der Waals surface area (Å²) in [4.78, 5) is 34.6. The maximum Gasteiger partial charge on any atom is 0.233 e. The molecule has 1 aromatic rings. The third-order valence-corrected chi connectivity index (χ3v) is 3.39. The fourth-order valence-corrected chi connectivity index (χ4v) is 2.43. The number of Topliss-reactive ketones (excluding diaryl/α,β-unsaturated/α-hetero) is 1. The smallest absolute Gasteiger partial charge is 0.233 e. The molecule has 1 aliphatic rings. The minimum atomic E-state index is -3.43. The van der Waals surface area contributed by atoms with Gasteiger partial charge in [-0.1, -0.05) is 0 Å². The lowest BCUT2D eigenvalue weighted by atomic mass is 10.1. The molecule has 106 valence electrons. The Hall–Kier alpha value is -2.22. The number of hydrogen-bond donors (Lipinski definition) is 2. The molecular formula is C12H12N2O5S. The van der Waals surface area contributed by atoms with E-state index in [-0.39, 0.29) is 17.7 Å². The lowest BCUT2D eigenvalue weighted by Gasteiger charge is -2.08. The summed E-state index contributed by atoms with van der Waals surface area (Å²) in [5, 5.41) is 5.00. The van der Waals surface area contributed by atoms with Gasteiger partial charge in [0.05, 0.1) is 11.4 Å². The predicted molar refractivity (Wildman–Crippen MR) is 72.4 cm³/mol. The third-order valence-electron chi connectivity index (χ3n) is 2.60. The number of fused-ring (bicyclic) bond motifs is 1. The van der Waals surface area contributed by atoms with Crippen molar-refractivity contribution in [3.8, 4) is 0 Å². The number of sulfone groups is 1. The Kier molecular flexibility index (Phi) is 3.58. The van der Waals surface area contributed by atoms with Gasteiger partial charge >= 0.3 is 0 Å². The molecule has 1 aromatic carbocycles. The van der Waals surface area contributed by atoms with Crippen molar-refractivity contribution < 1.29 is 22.8 Å². The predicted octanol–water partition coefficient (Wildman–Crippen LogP) is 0.195. The van der Waals surface area contributed by atoms with E-state index >= 15 is 0 Å². The van der Waals surface area contributed by atoms with Gasteiger partial charge < -0.3 is 10.6 Å². The zero-order valence-corrected chi connectivity index (χ0v) is 11.4. The van der Waals surface area contributed by atoms with Crippen molar-refractivity contribution in [3.05, 3.63) is 23.8 Å². The monoisotopic (exact) mass is 296 g/mol. The summed E-state index contributed by atoms with van der Waals surface area (Å²) in [7, 11) is -3.43. The number of ketones is 1. The normalized spacial score (nSPS) is 14.8. The van der Waals surface area contributed by atoms with Gasteiger partial charge in [-0.2, -0.15) is 0 Å². The highest BCUT2D eigenvalue weighted by atomic mass is 32.2. The van der Waals surface area contributed by atoms with E-state index in [0.717, 1.165) is 6.26 Å². The van der Waals surface area contributed by atoms with E-state index in [2.05, 4.69) is 10.6 Å². The average molecular weight is 296 g/mol. The van der Waals surface area contributed by atoms with Crippen molar-refractivity contribution in [1.82, 2.24) is 0 Å². The van der Waals surface area contributed by atoms with Gasteiger partial charge in [0.1, 0.15) is 12.2 Å². The van der Waals surface area contributed by atoms with E-state index in [1.165, 1.54) is 18.2 Å². The number of rotatable bonds is 3. The van der Waals surface area contributed by atoms with E-state index in [1.807, 2.05) is 0 Å². The molecule has 20 heavy (non-hydrogen) atoms. The molecule has 0 aromatic heterocycles. The first kappa shape index (κ1) is 14.2. The summed E-state index contributed by atoms with van der Waals surface area (Å²) in [5.74, 6) is -2.11. The number of anilines is 2. The fourth-order valence-electron chi connectivity index (χ4n) is 1.79. The molecule has 2 amide bonds. The Labute approximate surface area is 115 Å². The zero-order chi connectivity index (χ0) is 14.9. The van der Waals surface area contributed by atoms with Crippen LogP contribution < -0.4 is 10.6 Å². The fraction of sp³-hybridized carbons (Fsp3) is 0.250. The van der Waals surface area contributed by atoms with Gasteiger partial charge in [-0.15, -0.1) is 0 Å². The minimum Gasteiger partial charge on any atom is -0.324 e. The van der Waals surface area contributed by atoms with Crippen LogP contribution in [0.1, 0.15) is 16.8 Å². The summed E-state index contributed by atoms with van der Waals surface area (Å²) in [6.45, 7) is 0. The van der Waals surface area contributed by atoms with Gasteiger partial charge in [0.15, 0.2) is 15.6 Å². The molecule has 8 heteroatoms. The standard InChI is InChI=1S/C12H12N2O5S/c1-20(18,19)6-10(15)7-2-3-8-9(4-7)14-12(17)5-11(16)13-8/h2-4H,5-6H2,1H3,(H,13,16)(H,14,17). The molecule has 0 radical (unpaired) electrons. The highest BCUT2D eigenvalue weighted by Gasteiger charge is 2.20. The van der Waals surface area contributed by atoms with E-state index in [0.29, 0.717) is 5.69 Å². The first-order valence-corrected chi connectivity index (χ1v) is 7.75. The van der Waals surface area contributed by atoms with Crippen LogP contribution in [0.3, 0.4) is 0 Å². The first-order chi connectivity index (χ1) is 9.24. The van der Waals surface area contributed by atoms with Crippen molar-refractivity contribution in [3.63, 3.8) is 0 Å². The molecule has 0 bridgehead atoms. The van der Waals surface area contributed by atoms with Crippen LogP contribution in [0.5, 0.6) is 0 Å². The summed E-state index contributed by atoms with van der Waals surface area (Å²) in [5.41, 5.74) is 0.808. The molecule has 7 nitrogen and oxygen atoms in total. The van der Waals surface area contributed by atoms with Crippen LogP contribution in [-0.2, 0) is 19.4 Å². The number of carbonyl (C=O) groups is 3. The SMILES string of the molecule is CS(=O)(=O)CC(=O)c1ccc2c(c1)NC(=O)CC(=O)N2. The Morgan fingerprint density at radius 1 is 1.15 bits per heavy atom. The lowest BCUT2D eigenvalue weighted by Crippen LogP contribution is -2.16. The molecule has 1 heterocycles. The second kappa shape index (κ2) is 5.04. The van der Waals surface area contributed by atoms with Gasteiger partial charge in [0.2, 0.25) is 11.8 Å². The number of benzene rings is 1. The third kappa shape index (κ3) is 3.41. The Balaban J connectivity index is 2.34. The van der Waals surface area contributed by atoms with Crippen LogP contribution in [0, 0.1) is 0 Å². The van der Waals surface area contributed by atoms with Crippen LogP contribution in [0.25, 0.3) is 0 Å². The van der Waals surface area contributed by atoms with E-state index in [9.17, 15) is 22.8 Å². The van der Waals surface area contributed by atoms with Crippen molar-refractivity contribution >= 4 is 38.8 Å². The molecule has 1 aliphatic heterocycles. The van der Waals surface area contributed by atoms with Crippen molar-refractivity contribution in [2.45, 2.75) is 6.42 Å². The van der Waals surface area contributed by atoms with Gasteiger partial charge in [-0.05, 0) is 18.2 Å². The van der Waals surface area contributed by atoms with E-state index < -0.39 is 33.2 Å². The highest BCUT2D eigenvalue weighted by molar-refractivity contribution is 7.91. The molecule has 0 saturated carbocycles. The largest absolute Gasteiger partial charge is 0.324 e. The van der Waals surface area contributed by atoms with Gasteiger partial charge in [-0.25, -0.2) is 8.42 Å². The molecule has 2 N–H and O–H groups in total. The number of hydrogen-bond acceptors (Lipinski definition) is 5. The first-order valence-electron chi connectivity index (χ1n) is 5.69. The molecule has 0 aliphatic carbocycles. The number of amides is 2. The van der Waals surface area contributed by atoms with Crippen molar-refractivity contribution in [1.29, 1.82) is 0 Å². The molecule has 0 spiro atoms. The number of nitrogens with one attached hydrogen (secondary N) is 2. The van der Waals surface area contributed by atoms with Crippen LogP contribution >= 0.6 is 0 Å². The topological polar surface area (TPSA) is 109 Å². The molecule has 0 unspecified atom stereocenters. The summed E-state index contributed by atoms with van der Waals surface area (Å²) < 4.78 is 22.2. The quantitative estimate of drug-likeness (QED) is 0.611.